The minimum atomic E-state index is -0.953. The van der Waals surface area contributed by atoms with Crippen molar-refractivity contribution in [1.82, 2.24) is 0 Å². The van der Waals surface area contributed by atoms with Gasteiger partial charge in [0.1, 0.15) is 5.60 Å². The largest absolute Gasteiger partial charge is 0.382 e. The molecule has 0 aliphatic heterocycles. The molecule has 2 atom stereocenters. The van der Waals surface area contributed by atoms with Crippen LogP contribution in [0.3, 0.4) is 0 Å². The lowest BCUT2D eigenvalue weighted by Gasteiger charge is -2.42. The molecule has 0 bridgehead atoms. The van der Waals surface area contributed by atoms with Crippen molar-refractivity contribution in [1.29, 1.82) is 0 Å². The Bertz CT molecular complexity index is 224. The summed E-state index contributed by atoms with van der Waals surface area (Å²) in [5, 5.41) is 10.2. The van der Waals surface area contributed by atoms with E-state index in [4.69, 9.17) is 0 Å². The Morgan fingerprint density at radius 3 is 2.58 bits per heavy atom. The molecule has 12 heavy (non-hydrogen) atoms. The molecule has 2 fully saturated rings. The predicted molar refractivity (Wildman–Crippen MR) is 45.8 cm³/mol. The summed E-state index contributed by atoms with van der Waals surface area (Å²) in [5.74, 6) is 0.0877. The van der Waals surface area contributed by atoms with Gasteiger partial charge >= 0.3 is 0 Å². The lowest BCUT2D eigenvalue weighted by molar-refractivity contribution is -0.147. The number of ketones is 1. The van der Waals surface area contributed by atoms with E-state index in [0.29, 0.717) is 12.8 Å². The number of Topliss-reactive ketones (excluding diaryl/α,β-unsaturated/α-hetero) is 1. The van der Waals surface area contributed by atoms with Gasteiger partial charge in [-0.3, -0.25) is 4.79 Å². The first-order valence-electron chi connectivity index (χ1n) is 4.84. The van der Waals surface area contributed by atoms with Gasteiger partial charge in [-0.25, -0.2) is 0 Å². The second-order valence-electron chi connectivity index (χ2n) is 4.55. The van der Waals surface area contributed by atoms with Crippen LogP contribution in [0.15, 0.2) is 0 Å². The van der Waals surface area contributed by atoms with Crippen LogP contribution in [-0.2, 0) is 4.79 Å². The smallest absolute Gasteiger partial charge is 0.164 e. The number of rotatable bonds is 0. The summed E-state index contributed by atoms with van der Waals surface area (Å²) in [6, 6.07) is 0. The van der Waals surface area contributed by atoms with Crippen LogP contribution in [-0.4, -0.2) is 16.5 Å². The van der Waals surface area contributed by atoms with Crippen molar-refractivity contribution in [3.63, 3.8) is 0 Å². The Labute approximate surface area is 73.0 Å². The molecular formula is C10H16O2. The van der Waals surface area contributed by atoms with E-state index in [-0.39, 0.29) is 11.2 Å². The highest BCUT2D eigenvalue weighted by Crippen LogP contribution is 2.52. The molecule has 2 aliphatic carbocycles. The Hall–Kier alpha value is -0.370. The van der Waals surface area contributed by atoms with Gasteiger partial charge in [-0.1, -0.05) is 19.8 Å². The first-order chi connectivity index (χ1) is 5.58. The summed E-state index contributed by atoms with van der Waals surface area (Å²) in [6.07, 6.45) is 5.39. The first kappa shape index (κ1) is 8.24. The van der Waals surface area contributed by atoms with E-state index in [9.17, 15) is 9.90 Å². The molecular weight excluding hydrogens is 152 g/mol. The normalized spacial score (nSPS) is 47.7. The van der Waals surface area contributed by atoms with Gasteiger partial charge in [0.05, 0.1) is 0 Å². The van der Waals surface area contributed by atoms with E-state index in [1.54, 1.807) is 0 Å². The summed E-state index contributed by atoms with van der Waals surface area (Å²) in [5.41, 5.74) is -1.05. The summed E-state index contributed by atoms with van der Waals surface area (Å²) in [4.78, 5) is 11.5. The Morgan fingerprint density at radius 2 is 1.92 bits per heavy atom. The average molecular weight is 168 g/mol. The number of carbonyl (C=O) groups excluding carboxylic acids is 1. The lowest BCUT2D eigenvalue weighted by Crippen LogP contribution is -2.49. The summed E-state index contributed by atoms with van der Waals surface area (Å²) < 4.78 is 0. The van der Waals surface area contributed by atoms with Gasteiger partial charge in [0.15, 0.2) is 5.78 Å². The topological polar surface area (TPSA) is 37.3 Å². The van der Waals surface area contributed by atoms with Crippen LogP contribution >= 0.6 is 0 Å². The van der Waals surface area contributed by atoms with Gasteiger partial charge in [0.25, 0.3) is 0 Å². The zero-order chi connectivity index (χ0) is 8.82. The SMILES string of the molecule is C[C@@]12CCCC[C@]1(O)C(=O)CC2. The van der Waals surface area contributed by atoms with E-state index in [1.807, 2.05) is 0 Å². The molecule has 1 N–H and O–H groups in total. The Morgan fingerprint density at radius 1 is 1.25 bits per heavy atom. The highest BCUT2D eigenvalue weighted by atomic mass is 16.3. The minimum Gasteiger partial charge on any atom is -0.382 e. The van der Waals surface area contributed by atoms with E-state index in [2.05, 4.69) is 6.92 Å². The highest BCUT2D eigenvalue weighted by Gasteiger charge is 2.57. The van der Waals surface area contributed by atoms with Crippen molar-refractivity contribution in [2.24, 2.45) is 5.41 Å². The molecule has 0 radical (unpaired) electrons. The Kier molecular flexibility index (Phi) is 1.59. The van der Waals surface area contributed by atoms with E-state index < -0.39 is 5.60 Å². The fraction of sp³-hybridized carbons (Fsp3) is 0.900. The third-order valence-corrected chi connectivity index (χ3v) is 3.88. The molecule has 0 aromatic carbocycles. The van der Waals surface area contributed by atoms with E-state index in [1.165, 1.54) is 6.42 Å². The van der Waals surface area contributed by atoms with Crippen LogP contribution in [0.25, 0.3) is 0 Å². The quantitative estimate of drug-likeness (QED) is 0.597. The monoisotopic (exact) mass is 168 g/mol. The maximum atomic E-state index is 11.5. The molecule has 2 heteroatoms. The highest BCUT2D eigenvalue weighted by molar-refractivity contribution is 5.90. The van der Waals surface area contributed by atoms with E-state index >= 15 is 0 Å². The number of fused-ring (bicyclic) bond motifs is 1. The fourth-order valence-electron chi connectivity index (χ4n) is 2.81. The van der Waals surface area contributed by atoms with E-state index in [0.717, 1.165) is 19.3 Å². The van der Waals surface area contributed by atoms with Gasteiger partial charge in [0.2, 0.25) is 0 Å². The molecule has 2 aliphatic rings. The van der Waals surface area contributed by atoms with Gasteiger partial charge in [-0.05, 0) is 19.3 Å². The van der Waals surface area contributed by atoms with Crippen molar-refractivity contribution >= 4 is 5.78 Å². The molecule has 0 aromatic rings. The van der Waals surface area contributed by atoms with Crippen molar-refractivity contribution in [3.8, 4) is 0 Å². The third-order valence-electron chi connectivity index (χ3n) is 3.88. The zero-order valence-corrected chi connectivity index (χ0v) is 7.60. The third kappa shape index (κ3) is 0.817. The standard InChI is InChI=1S/C10H16O2/c1-9-5-2-3-6-10(9,12)8(11)4-7-9/h12H,2-7H2,1H3/t9-,10-/m0/s1. The molecule has 0 unspecified atom stereocenters. The molecule has 0 saturated heterocycles. The summed E-state index contributed by atoms with van der Waals surface area (Å²) in [6.45, 7) is 2.07. The van der Waals surface area contributed by atoms with Crippen LogP contribution in [0.5, 0.6) is 0 Å². The molecule has 68 valence electrons. The van der Waals surface area contributed by atoms with Crippen molar-refractivity contribution in [2.75, 3.05) is 0 Å². The van der Waals surface area contributed by atoms with Crippen molar-refractivity contribution < 1.29 is 9.90 Å². The van der Waals surface area contributed by atoms with Gasteiger partial charge in [0, 0.05) is 11.8 Å². The molecule has 0 amide bonds. The minimum absolute atomic E-state index is 0.0877. The van der Waals surface area contributed by atoms with Crippen LogP contribution in [0, 0.1) is 5.41 Å². The molecule has 2 nitrogen and oxygen atoms in total. The molecule has 2 rings (SSSR count). The molecule has 0 spiro atoms. The van der Waals surface area contributed by atoms with Gasteiger partial charge < -0.3 is 5.11 Å². The lowest BCUT2D eigenvalue weighted by atomic mass is 9.66. The fourth-order valence-corrected chi connectivity index (χ4v) is 2.81. The maximum Gasteiger partial charge on any atom is 0.164 e. The van der Waals surface area contributed by atoms with Crippen molar-refractivity contribution in [3.05, 3.63) is 0 Å². The van der Waals surface area contributed by atoms with Crippen LogP contribution in [0.1, 0.15) is 45.4 Å². The van der Waals surface area contributed by atoms with Gasteiger partial charge in [-0.2, -0.15) is 0 Å². The zero-order valence-electron chi connectivity index (χ0n) is 7.60. The van der Waals surface area contributed by atoms with Gasteiger partial charge in [-0.15, -0.1) is 0 Å². The predicted octanol–water partition coefficient (Wildman–Crippen LogP) is 1.66. The maximum absolute atomic E-state index is 11.5. The molecule has 0 heterocycles. The number of carbonyl (C=O) groups is 1. The second-order valence-corrected chi connectivity index (χ2v) is 4.55. The number of hydrogen-bond acceptors (Lipinski definition) is 2. The van der Waals surface area contributed by atoms with Crippen molar-refractivity contribution in [2.45, 2.75) is 51.0 Å². The summed E-state index contributed by atoms with van der Waals surface area (Å²) in [7, 11) is 0. The molecule has 0 aromatic heterocycles. The Balaban J connectivity index is 2.35. The summed E-state index contributed by atoms with van der Waals surface area (Å²) >= 11 is 0. The van der Waals surface area contributed by atoms with Crippen LogP contribution < -0.4 is 0 Å². The number of aliphatic hydroxyl groups is 1. The second kappa shape index (κ2) is 2.32. The first-order valence-corrected chi connectivity index (χ1v) is 4.84. The average Bonchev–Trinajstić information content (AvgIpc) is 2.28. The number of hydrogen-bond donors (Lipinski definition) is 1. The van der Waals surface area contributed by atoms with Crippen LogP contribution in [0.4, 0.5) is 0 Å². The van der Waals surface area contributed by atoms with Crippen LogP contribution in [0.2, 0.25) is 0 Å². The molecule has 2 saturated carbocycles.